The number of nitrogens with one attached hydrogen (secondary N) is 1. The number of benzene rings is 1. The maximum Gasteiger partial charge on any atom is 0.267 e. The summed E-state index contributed by atoms with van der Waals surface area (Å²) in [5, 5.41) is 7.70. The number of thiazole rings is 1. The van der Waals surface area contributed by atoms with Crippen molar-refractivity contribution in [3.8, 4) is 10.6 Å². The smallest absolute Gasteiger partial charge is 0.267 e. The van der Waals surface area contributed by atoms with E-state index < -0.39 is 5.91 Å². The van der Waals surface area contributed by atoms with Crippen LogP contribution in [-0.4, -0.2) is 45.6 Å². The van der Waals surface area contributed by atoms with Gasteiger partial charge in [0.2, 0.25) is 5.91 Å². The van der Waals surface area contributed by atoms with Crippen molar-refractivity contribution in [1.82, 2.24) is 19.7 Å². The van der Waals surface area contributed by atoms with E-state index in [4.69, 9.17) is 5.73 Å². The monoisotopic (exact) mass is 384 g/mol. The second-order valence-electron chi connectivity index (χ2n) is 6.36. The summed E-state index contributed by atoms with van der Waals surface area (Å²) < 4.78 is 1.68. The summed E-state index contributed by atoms with van der Waals surface area (Å²) in [7, 11) is 5.68. The van der Waals surface area contributed by atoms with E-state index in [0.717, 1.165) is 11.1 Å². The summed E-state index contributed by atoms with van der Waals surface area (Å²) in [5.41, 5.74) is 8.00. The fraction of sp³-hybridized carbons (Fsp3) is 0.222. The van der Waals surface area contributed by atoms with Crippen LogP contribution in [0.3, 0.4) is 0 Å². The van der Waals surface area contributed by atoms with E-state index in [-0.39, 0.29) is 5.91 Å². The third-order valence-electron chi connectivity index (χ3n) is 3.81. The van der Waals surface area contributed by atoms with E-state index in [1.54, 1.807) is 29.1 Å². The van der Waals surface area contributed by atoms with Crippen LogP contribution in [0.5, 0.6) is 0 Å². The van der Waals surface area contributed by atoms with Crippen LogP contribution < -0.4 is 11.1 Å². The Morgan fingerprint density at radius 1 is 1.30 bits per heavy atom. The van der Waals surface area contributed by atoms with Crippen molar-refractivity contribution in [3.63, 3.8) is 0 Å². The predicted molar refractivity (Wildman–Crippen MR) is 105 cm³/mol. The van der Waals surface area contributed by atoms with Gasteiger partial charge >= 0.3 is 0 Å². The molecule has 3 aromatic rings. The number of rotatable bonds is 6. The van der Waals surface area contributed by atoms with Gasteiger partial charge in [-0.1, -0.05) is 6.07 Å². The van der Waals surface area contributed by atoms with E-state index in [0.29, 0.717) is 27.7 Å². The summed E-state index contributed by atoms with van der Waals surface area (Å²) in [5.74, 6) is -0.831. The first kappa shape index (κ1) is 18.7. The molecule has 0 aliphatic carbocycles. The Bertz CT molecular complexity index is 991. The molecule has 3 rings (SSSR count). The van der Waals surface area contributed by atoms with E-state index in [2.05, 4.69) is 15.4 Å². The molecule has 0 atom stereocenters. The van der Waals surface area contributed by atoms with Crippen LogP contribution in [0, 0.1) is 0 Å². The van der Waals surface area contributed by atoms with E-state index >= 15 is 0 Å². The number of nitrogens with two attached hydrogens (primary N) is 1. The third-order valence-corrected chi connectivity index (χ3v) is 4.86. The Morgan fingerprint density at radius 2 is 2.07 bits per heavy atom. The van der Waals surface area contributed by atoms with Gasteiger partial charge in [-0.15, -0.1) is 11.3 Å². The Kier molecular flexibility index (Phi) is 5.33. The molecule has 0 spiro atoms. The number of hydrogen-bond acceptors (Lipinski definition) is 6. The van der Waals surface area contributed by atoms with Crippen LogP contribution in [-0.2, 0) is 13.6 Å². The maximum absolute atomic E-state index is 12.7. The zero-order valence-corrected chi connectivity index (χ0v) is 16.1. The number of aryl methyl sites for hydroxylation is 1. The molecule has 0 aliphatic rings. The number of amides is 2. The zero-order chi connectivity index (χ0) is 19.6. The molecule has 27 heavy (non-hydrogen) atoms. The minimum atomic E-state index is -0.543. The lowest BCUT2D eigenvalue weighted by molar-refractivity contribution is 0.0996. The van der Waals surface area contributed by atoms with Crippen LogP contribution in [0.4, 0.5) is 5.69 Å². The van der Waals surface area contributed by atoms with Crippen LogP contribution in [0.2, 0.25) is 0 Å². The summed E-state index contributed by atoms with van der Waals surface area (Å²) in [4.78, 5) is 30.9. The highest BCUT2D eigenvalue weighted by molar-refractivity contribution is 7.17. The molecule has 8 nitrogen and oxygen atoms in total. The standard InChI is InChI=1S/C18H20N6O2S/c1-23(2)9-12-5-4-11(16(19)25)6-14(12)22-17(26)15-8-20-18(27-15)13-7-21-24(3)10-13/h4-8,10H,9H2,1-3H3,(H2,19,25)(H,22,26). The van der Waals surface area contributed by atoms with E-state index in [1.807, 2.05) is 32.2 Å². The lowest BCUT2D eigenvalue weighted by Crippen LogP contribution is -2.18. The molecule has 2 heterocycles. The van der Waals surface area contributed by atoms with Crippen molar-refractivity contribution in [2.24, 2.45) is 12.8 Å². The lowest BCUT2D eigenvalue weighted by Gasteiger charge is -2.15. The Hall–Kier alpha value is -3.04. The van der Waals surface area contributed by atoms with Crippen LogP contribution in [0.25, 0.3) is 10.6 Å². The highest BCUT2D eigenvalue weighted by Gasteiger charge is 2.16. The van der Waals surface area contributed by atoms with Gasteiger partial charge in [0.25, 0.3) is 5.91 Å². The minimum absolute atomic E-state index is 0.288. The molecular weight excluding hydrogens is 364 g/mol. The van der Waals surface area contributed by atoms with Gasteiger partial charge in [0, 0.05) is 36.6 Å². The van der Waals surface area contributed by atoms with Crippen LogP contribution in [0.1, 0.15) is 25.6 Å². The summed E-state index contributed by atoms with van der Waals surface area (Å²) in [6.07, 6.45) is 5.07. The molecule has 0 saturated carbocycles. The average molecular weight is 384 g/mol. The third kappa shape index (κ3) is 4.39. The SMILES string of the molecule is CN(C)Cc1ccc(C(N)=O)cc1NC(=O)c1cnc(-c2cnn(C)c2)s1. The highest BCUT2D eigenvalue weighted by Crippen LogP contribution is 2.26. The predicted octanol–water partition coefficient (Wildman–Crippen LogP) is 1.96. The molecule has 2 aromatic heterocycles. The lowest BCUT2D eigenvalue weighted by atomic mass is 10.1. The maximum atomic E-state index is 12.7. The summed E-state index contributed by atoms with van der Waals surface area (Å²) in [6.45, 7) is 0.609. The van der Waals surface area contributed by atoms with E-state index in [9.17, 15) is 9.59 Å². The molecule has 0 fully saturated rings. The second kappa shape index (κ2) is 7.68. The Labute approximate surface area is 160 Å². The van der Waals surface area contributed by atoms with Crippen molar-refractivity contribution in [2.75, 3.05) is 19.4 Å². The Morgan fingerprint density at radius 3 is 2.70 bits per heavy atom. The molecule has 140 valence electrons. The van der Waals surface area contributed by atoms with Gasteiger partial charge in [-0.05, 0) is 31.8 Å². The number of primary amides is 1. The first-order chi connectivity index (χ1) is 12.8. The average Bonchev–Trinajstić information content (AvgIpc) is 3.24. The van der Waals surface area contributed by atoms with Crippen molar-refractivity contribution in [2.45, 2.75) is 6.54 Å². The first-order valence-corrected chi connectivity index (χ1v) is 8.99. The minimum Gasteiger partial charge on any atom is -0.366 e. The number of aromatic nitrogens is 3. The molecule has 3 N–H and O–H groups in total. The first-order valence-electron chi connectivity index (χ1n) is 8.17. The molecule has 1 aromatic carbocycles. The normalized spacial score (nSPS) is 11.0. The number of anilines is 1. The zero-order valence-electron chi connectivity index (χ0n) is 15.3. The van der Waals surface area contributed by atoms with Crippen molar-refractivity contribution < 1.29 is 9.59 Å². The van der Waals surface area contributed by atoms with Crippen LogP contribution in [0.15, 0.2) is 36.8 Å². The van der Waals surface area contributed by atoms with Gasteiger partial charge in [-0.25, -0.2) is 4.98 Å². The van der Waals surface area contributed by atoms with Gasteiger partial charge in [-0.3, -0.25) is 14.3 Å². The number of carbonyl (C=O) groups excluding carboxylic acids is 2. The largest absolute Gasteiger partial charge is 0.366 e. The van der Waals surface area contributed by atoms with Gasteiger partial charge < -0.3 is 16.0 Å². The topological polar surface area (TPSA) is 106 Å². The van der Waals surface area contributed by atoms with Gasteiger partial charge in [0.1, 0.15) is 9.88 Å². The fourth-order valence-electron chi connectivity index (χ4n) is 2.55. The van der Waals surface area contributed by atoms with Gasteiger partial charge in [0.15, 0.2) is 0 Å². The number of nitrogens with zero attached hydrogens (tertiary/aromatic N) is 4. The molecule has 0 aliphatic heterocycles. The quantitative estimate of drug-likeness (QED) is 0.676. The van der Waals surface area contributed by atoms with Crippen LogP contribution >= 0.6 is 11.3 Å². The van der Waals surface area contributed by atoms with Gasteiger partial charge in [0.05, 0.1) is 12.4 Å². The molecule has 0 saturated heterocycles. The summed E-state index contributed by atoms with van der Waals surface area (Å²) >= 11 is 1.28. The molecule has 9 heteroatoms. The molecule has 0 bridgehead atoms. The molecule has 2 amide bonds. The van der Waals surface area contributed by atoms with Crippen molar-refractivity contribution in [1.29, 1.82) is 0 Å². The number of carbonyl (C=O) groups is 2. The Balaban J connectivity index is 1.85. The second-order valence-corrected chi connectivity index (χ2v) is 7.39. The highest BCUT2D eigenvalue weighted by atomic mass is 32.1. The van der Waals surface area contributed by atoms with Crippen molar-refractivity contribution in [3.05, 3.63) is 52.8 Å². The molecular formula is C18H20N6O2S. The van der Waals surface area contributed by atoms with Crippen molar-refractivity contribution >= 4 is 28.8 Å². The van der Waals surface area contributed by atoms with Gasteiger partial charge in [-0.2, -0.15) is 5.10 Å². The number of hydrogen-bond donors (Lipinski definition) is 2. The molecule has 0 unspecified atom stereocenters. The van der Waals surface area contributed by atoms with E-state index in [1.165, 1.54) is 17.5 Å². The summed E-state index contributed by atoms with van der Waals surface area (Å²) in [6, 6.07) is 5.05. The molecule has 0 radical (unpaired) electrons. The fourth-order valence-corrected chi connectivity index (χ4v) is 3.34.